The summed E-state index contributed by atoms with van der Waals surface area (Å²) in [6, 6.07) is 7.14. The molecule has 1 aromatic rings. The summed E-state index contributed by atoms with van der Waals surface area (Å²) >= 11 is 0. The minimum atomic E-state index is -0.882. The molecule has 0 aromatic heterocycles. The maximum atomic E-state index is 9.15. The largest absolute Gasteiger partial charge is 0.487 e. The van der Waals surface area contributed by atoms with Gasteiger partial charge in [-0.2, -0.15) is 0 Å². The molecule has 0 amide bonds. The highest BCUT2D eigenvalue weighted by molar-refractivity contribution is 5.39. The highest BCUT2D eigenvalue weighted by Crippen LogP contribution is 2.26. The van der Waals surface area contributed by atoms with Gasteiger partial charge in [-0.15, -0.1) is 0 Å². The van der Waals surface area contributed by atoms with Gasteiger partial charge in [-0.05, 0) is 12.1 Å². The van der Waals surface area contributed by atoms with Gasteiger partial charge in [0.1, 0.15) is 19.3 Å². The van der Waals surface area contributed by atoms with E-state index in [9.17, 15) is 0 Å². The monoisotopic (exact) mass is 224 g/mol. The van der Waals surface area contributed by atoms with Gasteiger partial charge in [-0.25, -0.2) is 0 Å². The first-order valence-corrected chi connectivity index (χ1v) is 5.02. The molecule has 2 N–H and O–H groups in total. The van der Waals surface area contributed by atoms with Gasteiger partial charge in [-0.3, -0.25) is 0 Å². The highest BCUT2D eigenvalue weighted by Gasteiger charge is 2.07. The Balaban J connectivity index is 2.59. The Hall–Kier alpha value is -1.52. The van der Waals surface area contributed by atoms with E-state index in [0.717, 1.165) is 0 Å². The van der Waals surface area contributed by atoms with Crippen molar-refractivity contribution in [3.63, 3.8) is 0 Å². The molecule has 1 aromatic carbocycles. The molecule has 0 unspecified atom stereocenters. The predicted molar refractivity (Wildman–Crippen MR) is 60.7 cm³/mol. The summed E-state index contributed by atoms with van der Waals surface area (Å²) in [5, 5.41) is 17.8. The molecule has 16 heavy (non-hydrogen) atoms. The van der Waals surface area contributed by atoms with E-state index < -0.39 is 6.10 Å². The number of aliphatic hydroxyl groups is 2. The van der Waals surface area contributed by atoms with Crippen molar-refractivity contribution in [2.75, 3.05) is 19.8 Å². The van der Waals surface area contributed by atoms with E-state index in [1.807, 2.05) is 6.07 Å². The first kappa shape index (κ1) is 12.5. The molecule has 0 aliphatic carbocycles. The van der Waals surface area contributed by atoms with Crippen molar-refractivity contribution in [3.8, 4) is 11.5 Å². The number of aliphatic hydroxyl groups excluding tert-OH is 2. The zero-order valence-corrected chi connectivity index (χ0v) is 9.00. The first-order valence-electron chi connectivity index (χ1n) is 5.02. The quantitative estimate of drug-likeness (QED) is 0.678. The zero-order chi connectivity index (χ0) is 11.8. The van der Waals surface area contributed by atoms with Crippen LogP contribution in [0.2, 0.25) is 0 Å². The Morgan fingerprint density at radius 1 is 1.25 bits per heavy atom. The van der Waals surface area contributed by atoms with Crippen molar-refractivity contribution in [3.05, 3.63) is 36.9 Å². The van der Waals surface area contributed by atoms with Gasteiger partial charge in [0, 0.05) is 0 Å². The highest BCUT2D eigenvalue weighted by atomic mass is 16.5. The maximum Gasteiger partial charge on any atom is 0.161 e. The van der Waals surface area contributed by atoms with Crippen molar-refractivity contribution >= 4 is 0 Å². The van der Waals surface area contributed by atoms with Crippen LogP contribution < -0.4 is 9.47 Å². The average molecular weight is 224 g/mol. The fraction of sp³-hybridized carbons (Fsp3) is 0.333. The van der Waals surface area contributed by atoms with E-state index in [1.165, 1.54) is 0 Å². The molecule has 88 valence electrons. The summed E-state index contributed by atoms with van der Waals surface area (Å²) < 4.78 is 10.7. The third kappa shape index (κ3) is 3.92. The topological polar surface area (TPSA) is 58.9 Å². The lowest BCUT2D eigenvalue weighted by molar-refractivity contribution is 0.0526. The summed E-state index contributed by atoms with van der Waals surface area (Å²) in [4.78, 5) is 0. The van der Waals surface area contributed by atoms with Gasteiger partial charge in [-0.1, -0.05) is 24.8 Å². The second kappa shape index (κ2) is 6.87. The summed E-state index contributed by atoms with van der Waals surface area (Å²) in [5.41, 5.74) is 0. The van der Waals surface area contributed by atoms with Crippen LogP contribution >= 0.6 is 0 Å². The Morgan fingerprint density at radius 3 is 2.44 bits per heavy atom. The van der Waals surface area contributed by atoms with Crippen molar-refractivity contribution in [2.45, 2.75) is 6.10 Å². The number of para-hydroxylation sites is 2. The van der Waals surface area contributed by atoms with Crippen molar-refractivity contribution < 1.29 is 19.7 Å². The van der Waals surface area contributed by atoms with Crippen LogP contribution in [0, 0.1) is 0 Å². The van der Waals surface area contributed by atoms with Gasteiger partial charge in [0.2, 0.25) is 0 Å². The van der Waals surface area contributed by atoms with E-state index in [0.29, 0.717) is 18.1 Å². The zero-order valence-electron chi connectivity index (χ0n) is 9.00. The van der Waals surface area contributed by atoms with E-state index >= 15 is 0 Å². The standard InChI is InChI=1S/C12H16O4/c1-2-7-15-11-5-3-4-6-12(11)16-9-10(14)8-13/h2-6,10,13-14H,1,7-9H2/t10-/m1/s1. The number of ether oxygens (including phenoxy) is 2. The Kier molecular flexibility index (Phi) is 5.39. The molecule has 0 aliphatic rings. The van der Waals surface area contributed by atoms with Crippen LogP contribution in [0.3, 0.4) is 0 Å². The Bertz CT molecular complexity index is 325. The second-order valence-electron chi connectivity index (χ2n) is 3.19. The summed E-state index contributed by atoms with van der Waals surface area (Å²) in [6.45, 7) is 3.65. The maximum absolute atomic E-state index is 9.15. The molecule has 0 saturated heterocycles. The lowest BCUT2D eigenvalue weighted by atomic mass is 10.3. The van der Waals surface area contributed by atoms with Crippen molar-refractivity contribution in [1.29, 1.82) is 0 Å². The number of hydrogen-bond donors (Lipinski definition) is 2. The molecule has 0 bridgehead atoms. The van der Waals surface area contributed by atoms with Crippen LogP contribution in [0.25, 0.3) is 0 Å². The van der Waals surface area contributed by atoms with Crippen LogP contribution in [0.15, 0.2) is 36.9 Å². The minimum absolute atomic E-state index is 0.0327. The molecule has 0 radical (unpaired) electrons. The van der Waals surface area contributed by atoms with Gasteiger partial charge < -0.3 is 19.7 Å². The number of hydrogen-bond acceptors (Lipinski definition) is 4. The molecule has 1 rings (SSSR count). The first-order chi connectivity index (χ1) is 7.77. The number of benzene rings is 1. The smallest absolute Gasteiger partial charge is 0.161 e. The van der Waals surface area contributed by atoms with Crippen LogP contribution in [-0.4, -0.2) is 36.1 Å². The summed E-state index contributed by atoms with van der Waals surface area (Å²) in [5.74, 6) is 1.13. The van der Waals surface area contributed by atoms with E-state index in [1.54, 1.807) is 24.3 Å². The SMILES string of the molecule is C=CCOc1ccccc1OC[C@H](O)CO. The van der Waals surface area contributed by atoms with Gasteiger partial charge in [0.05, 0.1) is 6.61 Å². The fourth-order valence-electron chi connectivity index (χ4n) is 1.08. The summed E-state index contributed by atoms with van der Waals surface area (Å²) in [7, 11) is 0. The van der Waals surface area contributed by atoms with Crippen LogP contribution in [0.1, 0.15) is 0 Å². The minimum Gasteiger partial charge on any atom is -0.487 e. The predicted octanol–water partition coefficient (Wildman–Crippen LogP) is 0.983. The van der Waals surface area contributed by atoms with Crippen LogP contribution in [0.4, 0.5) is 0 Å². The van der Waals surface area contributed by atoms with E-state index in [2.05, 4.69) is 6.58 Å². The molecule has 0 heterocycles. The summed E-state index contributed by atoms with van der Waals surface area (Å²) in [6.07, 6.45) is 0.756. The van der Waals surface area contributed by atoms with Crippen molar-refractivity contribution in [1.82, 2.24) is 0 Å². The molecular formula is C12H16O4. The van der Waals surface area contributed by atoms with Gasteiger partial charge in [0.25, 0.3) is 0 Å². The van der Waals surface area contributed by atoms with Gasteiger partial charge in [0.15, 0.2) is 11.5 Å². The van der Waals surface area contributed by atoms with Crippen molar-refractivity contribution in [2.24, 2.45) is 0 Å². The van der Waals surface area contributed by atoms with Crippen LogP contribution in [-0.2, 0) is 0 Å². The normalized spacial score (nSPS) is 11.9. The average Bonchev–Trinajstić information content (AvgIpc) is 2.34. The lowest BCUT2D eigenvalue weighted by Crippen LogP contribution is -2.21. The molecule has 4 heteroatoms. The molecule has 1 atom stereocenters. The number of rotatable bonds is 7. The third-order valence-electron chi connectivity index (χ3n) is 1.85. The van der Waals surface area contributed by atoms with Gasteiger partial charge >= 0.3 is 0 Å². The Labute approximate surface area is 94.7 Å². The third-order valence-corrected chi connectivity index (χ3v) is 1.85. The molecule has 0 saturated carbocycles. The fourth-order valence-corrected chi connectivity index (χ4v) is 1.08. The van der Waals surface area contributed by atoms with E-state index in [-0.39, 0.29) is 13.2 Å². The van der Waals surface area contributed by atoms with E-state index in [4.69, 9.17) is 19.7 Å². The molecule has 0 fully saturated rings. The lowest BCUT2D eigenvalue weighted by Gasteiger charge is -2.13. The molecule has 4 nitrogen and oxygen atoms in total. The van der Waals surface area contributed by atoms with Crippen LogP contribution in [0.5, 0.6) is 11.5 Å². The molecule has 0 spiro atoms. The molecule has 0 aliphatic heterocycles. The Morgan fingerprint density at radius 2 is 1.88 bits per heavy atom. The second-order valence-corrected chi connectivity index (χ2v) is 3.19. The molecular weight excluding hydrogens is 208 g/mol.